The van der Waals surface area contributed by atoms with Gasteiger partial charge in [-0.3, -0.25) is 0 Å². The van der Waals surface area contributed by atoms with Gasteiger partial charge in [0.15, 0.2) is 0 Å². The molecule has 0 bridgehead atoms. The summed E-state index contributed by atoms with van der Waals surface area (Å²) in [6, 6.07) is 8.18. The summed E-state index contributed by atoms with van der Waals surface area (Å²) in [6.45, 7) is 6.08. The third-order valence-corrected chi connectivity index (χ3v) is 3.03. The topological polar surface area (TPSA) is 9.23 Å². The maximum atomic E-state index is 5.78. The standard InChI is InChI=1S/C14H14O.C2H6/c1-10-2-5-13(6-3-10)15-14-7-4-11-8-12(11)9-14;1-2/h2-7,9,11-12H,8H2,1H3;1-2H3. The number of rotatable bonds is 2. The molecule has 1 fully saturated rings. The molecule has 0 spiro atoms. The normalized spacial score (nSPS) is 24.1. The minimum atomic E-state index is 0.746. The van der Waals surface area contributed by atoms with E-state index in [1.165, 1.54) is 12.0 Å². The molecule has 2 aliphatic carbocycles. The van der Waals surface area contributed by atoms with Crippen LogP contribution in [0.1, 0.15) is 25.8 Å². The van der Waals surface area contributed by atoms with Crippen LogP contribution in [0.15, 0.2) is 48.3 Å². The Hall–Kier alpha value is -1.50. The summed E-state index contributed by atoms with van der Waals surface area (Å²) in [5.74, 6) is 3.47. The van der Waals surface area contributed by atoms with Crippen molar-refractivity contribution in [1.82, 2.24) is 0 Å². The van der Waals surface area contributed by atoms with E-state index in [1.54, 1.807) is 0 Å². The Morgan fingerprint density at radius 1 is 1.06 bits per heavy atom. The molecule has 1 nitrogen and oxygen atoms in total. The van der Waals surface area contributed by atoms with Gasteiger partial charge in [-0.2, -0.15) is 0 Å². The van der Waals surface area contributed by atoms with Crippen LogP contribution < -0.4 is 4.74 Å². The predicted octanol–water partition coefficient (Wildman–Crippen LogP) is 4.49. The maximum Gasteiger partial charge on any atom is 0.127 e. The Morgan fingerprint density at radius 3 is 2.41 bits per heavy atom. The van der Waals surface area contributed by atoms with Crippen molar-refractivity contribution in [2.24, 2.45) is 11.8 Å². The molecule has 90 valence electrons. The molecule has 0 amide bonds. The molecule has 3 rings (SSSR count). The van der Waals surface area contributed by atoms with E-state index in [0.717, 1.165) is 23.3 Å². The predicted molar refractivity (Wildman–Crippen MR) is 72.0 cm³/mol. The van der Waals surface area contributed by atoms with E-state index in [1.807, 2.05) is 26.0 Å². The molecule has 0 saturated heterocycles. The van der Waals surface area contributed by atoms with Gasteiger partial charge in [-0.25, -0.2) is 0 Å². The summed E-state index contributed by atoms with van der Waals surface area (Å²) in [4.78, 5) is 0. The van der Waals surface area contributed by atoms with Crippen LogP contribution in [0.4, 0.5) is 0 Å². The molecule has 1 heteroatoms. The van der Waals surface area contributed by atoms with Gasteiger partial charge < -0.3 is 4.74 Å². The fourth-order valence-corrected chi connectivity index (χ4v) is 1.94. The van der Waals surface area contributed by atoms with Crippen molar-refractivity contribution in [3.8, 4) is 5.75 Å². The first-order valence-corrected chi connectivity index (χ1v) is 6.46. The van der Waals surface area contributed by atoms with Crippen LogP contribution in [0.3, 0.4) is 0 Å². The number of aryl methyl sites for hydroxylation is 1. The first-order chi connectivity index (χ1) is 8.31. The highest BCUT2D eigenvalue weighted by molar-refractivity contribution is 5.33. The van der Waals surface area contributed by atoms with Crippen molar-refractivity contribution in [2.75, 3.05) is 0 Å². The summed E-state index contributed by atoms with van der Waals surface area (Å²) < 4.78 is 5.78. The van der Waals surface area contributed by atoms with Crippen LogP contribution in [0.5, 0.6) is 5.75 Å². The van der Waals surface area contributed by atoms with Gasteiger partial charge in [-0.15, -0.1) is 0 Å². The Balaban J connectivity index is 0.000000514. The van der Waals surface area contributed by atoms with Crippen LogP contribution in [0.25, 0.3) is 0 Å². The van der Waals surface area contributed by atoms with E-state index < -0.39 is 0 Å². The van der Waals surface area contributed by atoms with Crippen molar-refractivity contribution < 1.29 is 4.74 Å². The van der Waals surface area contributed by atoms with Crippen LogP contribution in [0, 0.1) is 18.8 Å². The average Bonchev–Trinajstić information content (AvgIpc) is 3.13. The Kier molecular flexibility index (Phi) is 3.68. The first kappa shape index (κ1) is 12.0. The average molecular weight is 228 g/mol. The Labute approximate surface area is 104 Å². The zero-order chi connectivity index (χ0) is 12.3. The quantitative estimate of drug-likeness (QED) is 0.724. The molecule has 0 aliphatic heterocycles. The van der Waals surface area contributed by atoms with E-state index in [2.05, 4.69) is 37.3 Å². The molecule has 2 atom stereocenters. The van der Waals surface area contributed by atoms with Gasteiger partial charge in [0.25, 0.3) is 0 Å². The van der Waals surface area contributed by atoms with Crippen molar-refractivity contribution in [3.05, 3.63) is 53.8 Å². The second kappa shape index (κ2) is 5.22. The number of hydrogen-bond acceptors (Lipinski definition) is 1. The molecular weight excluding hydrogens is 208 g/mol. The summed E-state index contributed by atoms with van der Waals surface area (Å²) in [5.41, 5.74) is 1.26. The Bertz CT molecular complexity index is 425. The van der Waals surface area contributed by atoms with Crippen molar-refractivity contribution in [2.45, 2.75) is 27.2 Å². The van der Waals surface area contributed by atoms with Gasteiger partial charge in [-0.1, -0.05) is 37.6 Å². The number of benzene rings is 1. The second-order valence-corrected chi connectivity index (χ2v) is 4.41. The minimum Gasteiger partial charge on any atom is -0.458 e. The third kappa shape index (κ3) is 3.00. The molecule has 0 heterocycles. The lowest BCUT2D eigenvalue weighted by Gasteiger charge is -2.09. The molecule has 0 aromatic heterocycles. The highest BCUT2D eigenvalue weighted by Crippen LogP contribution is 2.44. The highest BCUT2D eigenvalue weighted by Gasteiger charge is 2.35. The van der Waals surface area contributed by atoms with Crippen molar-refractivity contribution >= 4 is 0 Å². The fourth-order valence-electron chi connectivity index (χ4n) is 1.94. The number of hydrogen-bond donors (Lipinski definition) is 0. The molecule has 17 heavy (non-hydrogen) atoms. The molecule has 1 saturated carbocycles. The third-order valence-electron chi connectivity index (χ3n) is 3.03. The highest BCUT2D eigenvalue weighted by atomic mass is 16.5. The summed E-state index contributed by atoms with van der Waals surface area (Å²) in [5, 5.41) is 0. The van der Waals surface area contributed by atoms with E-state index >= 15 is 0 Å². The van der Waals surface area contributed by atoms with Gasteiger partial charge >= 0.3 is 0 Å². The van der Waals surface area contributed by atoms with Gasteiger partial charge in [0.05, 0.1) is 0 Å². The first-order valence-electron chi connectivity index (χ1n) is 6.46. The second-order valence-electron chi connectivity index (χ2n) is 4.41. The van der Waals surface area contributed by atoms with Crippen LogP contribution in [0.2, 0.25) is 0 Å². The van der Waals surface area contributed by atoms with Crippen molar-refractivity contribution in [3.63, 3.8) is 0 Å². The molecule has 0 radical (unpaired) electrons. The lowest BCUT2D eigenvalue weighted by Crippen LogP contribution is -1.96. The molecular formula is C16H20O. The number of fused-ring (bicyclic) bond motifs is 1. The minimum absolute atomic E-state index is 0.746. The van der Waals surface area contributed by atoms with Crippen molar-refractivity contribution in [1.29, 1.82) is 0 Å². The van der Waals surface area contributed by atoms with Gasteiger partial charge in [0.2, 0.25) is 0 Å². The van der Waals surface area contributed by atoms with E-state index in [4.69, 9.17) is 4.74 Å². The van der Waals surface area contributed by atoms with Gasteiger partial charge in [0, 0.05) is 0 Å². The Morgan fingerprint density at radius 2 is 1.76 bits per heavy atom. The smallest absolute Gasteiger partial charge is 0.127 e. The summed E-state index contributed by atoms with van der Waals surface area (Å²) in [6.07, 6.45) is 7.89. The lowest BCUT2D eigenvalue weighted by molar-refractivity contribution is 0.438. The van der Waals surface area contributed by atoms with Crippen LogP contribution >= 0.6 is 0 Å². The van der Waals surface area contributed by atoms with Gasteiger partial charge in [0.1, 0.15) is 11.5 Å². The maximum absolute atomic E-state index is 5.78. The van der Waals surface area contributed by atoms with E-state index in [9.17, 15) is 0 Å². The summed E-state index contributed by atoms with van der Waals surface area (Å²) >= 11 is 0. The number of ether oxygens (including phenoxy) is 1. The van der Waals surface area contributed by atoms with E-state index in [-0.39, 0.29) is 0 Å². The molecule has 2 aliphatic rings. The largest absolute Gasteiger partial charge is 0.458 e. The molecule has 2 unspecified atom stereocenters. The van der Waals surface area contributed by atoms with E-state index in [0.29, 0.717) is 0 Å². The molecule has 1 aromatic carbocycles. The van der Waals surface area contributed by atoms with Gasteiger partial charge in [-0.05, 0) is 49.5 Å². The summed E-state index contributed by atoms with van der Waals surface area (Å²) in [7, 11) is 0. The van der Waals surface area contributed by atoms with Crippen LogP contribution in [-0.4, -0.2) is 0 Å². The zero-order valence-electron chi connectivity index (χ0n) is 10.8. The molecule has 1 aromatic rings. The molecule has 0 N–H and O–H groups in total. The SMILES string of the molecule is CC.Cc1ccc(OC2=CC3CC3C=C2)cc1. The van der Waals surface area contributed by atoms with Crippen LogP contribution in [-0.2, 0) is 0 Å². The zero-order valence-corrected chi connectivity index (χ0v) is 10.8. The number of allylic oxidation sites excluding steroid dienone is 3. The fraction of sp³-hybridized carbons (Fsp3) is 0.375. The lowest BCUT2D eigenvalue weighted by atomic mass is 10.2. The monoisotopic (exact) mass is 228 g/mol.